The summed E-state index contributed by atoms with van der Waals surface area (Å²) in [4.78, 5) is 39.5. The van der Waals surface area contributed by atoms with Gasteiger partial charge in [-0.2, -0.15) is 0 Å². The number of carbonyl (C=O) groups excluding carboxylic acids is 2. The van der Waals surface area contributed by atoms with Gasteiger partial charge in [0.15, 0.2) is 6.10 Å². The van der Waals surface area contributed by atoms with Crippen LogP contribution in [0.15, 0.2) is 0 Å². The third kappa shape index (κ3) is 3.20. The van der Waals surface area contributed by atoms with Crippen LogP contribution < -0.4 is 0 Å². The molecule has 0 aromatic heterocycles. The van der Waals surface area contributed by atoms with Gasteiger partial charge in [0.25, 0.3) is 5.91 Å². The summed E-state index contributed by atoms with van der Waals surface area (Å²) in [6, 6.07) is 0. The molecule has 23 heavy (non-hydrogen) atoms. The van der Waals surface area contributed by atoms with Crippen LogP contribution in [0.5, 0.6) is 0 Å². The van der Waals surface area contributed by atoms with E-state index in [2.05, 4.69) is 0 Å². The highest BCUT2D eigenvalue weighted by molar-refractivity contribution is 5.85. The molecule has 0 aromatic rings. The largest absolute Gasteiger partial charge is 0.479 e. The van der Waals surface area contributed by atoms with Crippen molar-refractivity contribution in [3.05, 3.63) is 0 Å². The normalized spacial score (nSPS) is 30.3. The first-order valence-electron chi connectivity index (χ1n) is 8.28. The number of carboxylic acids is 1. The zero-order chi connectivity index (χ0) is 16.8. The molecule has 3 aliphatic rings. The molecule has 7 heteroatoms. The molecule has 2 heterocycles. The van der Waals surface area contributed by atoms with Crippen molar-refractivity contribution in [2.45, 2.75) is 57.3 Å². The van der Waals surface area contributed by atoms with Gasteiger partial charge >= 0.3 is 5.97 Å². The van der Waals surface area contributed by atoms with Gasteiger partial charge < -0.3 is 19.6 Å². The van der Waals surface area contributed by atoms with Crippen LogP contribution in [-0.2, 0) is 19.1 Å². The maximum atomic E-state index is 12.7. The molecule has 0 bridgehead atoms. The van der Waals surface area contributed by atoms with E-state index in [-0.39, 0.29) is 17.7 Å². The minimum Gasteiger partial charge on any atom is -0.479 e. The molecule has 128 valence electrons. The molecule has 0 radical (unpaired) electrons. The molecule has 2 saturated heterocycles. The number of carboxylic acid groups (broad SMARTS) is 1. The lowest BCUT2D eigenvalue weighted by atomic mass is 9.97. The number of hydrogen-bond donors (Lipinski definition) is 1. The van der Waals surface area contributed by atoms with Gasteiger partial charge in [0.1, 0.15) is 6.10 Å². The third-order valence-corrected chi connectivity index (χ3v) is 4.98. The van der Waals surface area contributed by atoms with Crippen molar-refractivity contribution < 1.29 is 24.2 Å². The highest BCUT2D eigenvalue weighted by atomic mass is 16.5. The lowest BCUT2D eigenvalue weighted by Crippen LogP contribution is -2.63. The zero-order valence-corrected chi connectivity index (χ0v) is 13.7. The Labute approximate surface area is 135 Å². The maximum absolute atomic E-state index is 12.7. The average molecular weight is 324 g/mol. The Bertz CT molecular complexity index is 529. The molecule has 0 unspecified atom stereocenters. The van der Waals surface area contributed by atoms with E-state index in [9.17, 15) is 14.4 Å². The minimum absolute atomic E-state index is 0.155. The highest BCUT2D eigenvalue weighted by Gasteiger charge is 2.45. The Kier molecular flexibility index (Phi) is 4.08. The van der Waals surface area contributed by atoms with Gasteiger partial charge in [-0.3, -0.25) is 9.59 Å². The SMILES string of the molecule is CC1(C)CN(C(=O)C2CC2)CCN1C(=O)[C@@H]1CC[C@H](C(=O)O)O1. The molecule has 2 atom stereocenters. The van der Waals surface area contributed by atoms with E-state index in [0.29, 0.717) is 32.5 Å². The predicted molar refractivity (Wildman–Crippen MR) is 80.6 cm³/mol. The standard InChI is InChI=1S/C16H24N2O5/c1-16(2)9-17(13(19)10-3-4-10)7-8-18(16)14(20)11-5-6-12(23-11)15(21)22/h10-12H,3-9H2,1-2H3,(H,21,22)/t11-,12+/m0/s1. The summed E-state index contributed by atoms with van der Waals surface area (Å²) in [6.45, 7) is 5.42. The Balaban J connectivity index is 1.63. The van der Waals surface area contributed by atoms with Crippen LogP contribution in [0.4, 0.5) is 0 Å². The van der Waals surface area contributed by atoms with Crippen molar-refractivity contribution in [3.63, 3.8) is 0 Å². The van der Waals surface area contributed by atoms with Crippen molar-refractivity contribution in [2.75, 3.05) is 19.6 Å². The lowest BCUT2D eigenvalue weighted by molar-refractivity contribution is -0.161. The van der Waals surface area contributed by atoms with Crippen LogP contribution in [0.1, 0.15) is 39.5 Å². The van der Waals surface area contributed by atoms with Crippen LogP contribution in [0.25, 0.3) is 0 Å². The van der Waals surface area contributed by atoms with Crippen molar-refractivity contribution >= 4 is 17.8 Å². The molecule has 3 rings (SSSR count). The highest BCUT2D eigenvalue weighted by Crippen LogP contribution is 2.33. The molecule has 2 amide bonds. The maximum Gasteiger partial charge on any atom is 0.332 e. The van der Waals surface area contributed by atoms with E-state index in [1.54, 1.807) is 4.90 Å². The lowest BCUT2D eigenvalue weighted by Gasteiger charge is -2.47. The van der Waals surface area contributed by atoms with E-state index in [4.69, 9.17) is 9.84 Å². The summed E-state index contributed by atoms with van der Waals surface area (Å²) in [5.74, 6) is -0.785. The molecule has 3 fully saturated rings. The number of ether oxygens (including phenoxy) is 1. The zero-order valence-electron chi connectivity index (χ0n) is 13.7. The van der Waals surface area contributed by atoms with E-state index in [1.807, 2.05) is 18.7 Å². The van der Waals surface area contributed by atoms with Gasteiger partial charge in [0, 0.05) is 25.6 Å². The van der Waals surface area contributed by atoms with Gasteiger partial charge in [-0.1, -0.05) is 0 Å². The summed E-state index contributed by atoms with van der Waals surface area (Å²) in [7, 11) is 0. The number of aliphatic carboxylic acids is 1. The Hall–Kier alpha value is -1.63. The molecule has 0 spiro atoms. The summed E-state index contributed by atoms with van der Waals surface area (Å²) >= 11 is 0. The minimum atomic E-state index is -1.01. The van der Waals surface area contributed by atoms with Gasteiger partial charge in [0.2, 0.25) is 5.91 Å². The summed E-state index contributed by atoms with van der Waals surface area (Å²) in [5, 5.41) is 8.99. The van der Waals surface area contributed by atoms with Gasteiger partial charge in [-0.25, -0.2) is 4.79 Å². The van der Waals surface area contributed by atoms with Crippen molar-refractivity contribution in [3.8, 4) is 0 Å². The predicted octanol–water partition coefficient (Wildman–Crippen LogP) is 0.478. The topological polar surface area (TPSA) is 87.2 Å². The van der Waals surface area contributed by atoms with Crippen LogP contribution in [-0.4, -0.2) is 70.1 Å². The fourth-order valence-corrected chi connectivity index (χ4v) is 3.51. The first kappa shape index (κ1) is 16.2. The number of rotatable bonds is 3. The molecule has 1 aliphatic carbocycles. The van der Waals surface area contributed by atoms with E-state index in [1.165, 1.54) is 0 Å². The molecule has 1 N–H and O–H groups in total. The number of piperazine rings is 1. The fraction of sp³-hybridized carbons (Fsp3) is 0.812. The quantitative estimate of drug-likeness (QED) is 0.816. The number of carbonyl (C=O) groups is 3. The summed E-state index contributed by atoms with van der Waals surface area (Å²) < 4.78 is 5.38. The molecule has 1 saturated carbocycles. The second-order valence-corrected chi connectivity index (χ2v) is 7.37. The first-order chi connectivity index (χ1) is 10.8. The summed E-state index contributed by atoms with van der Waals surface area (Å²) in [5.41, 5.74) is -0.468. The molecular formula is C16H24N2O5. The van der Waals surface area contributed by atoms with Crippen LogP contribution in [0.2, 0.25) is 0 Å². The second-order valence-electron chi connectivity index (χ2n) is 7.37. The van der Waals surface area contributed by atoms with Gasteiger partial charge in [-0.15, -0.1) is 0 Å². The van der Waals surface area contributed by atoms with Crippen LogP contribution in [0.3, 0.4) is 0 Å². The van der Waals surface area contributed by atoms with Gasteiger partial charge in [0.05, 0.1) is 5.54 Å². The number of amides is 2. The first-order valence-corrected chi connectivity index (χ1v) is 8.28. The van der Waals surface area contributed by atoms with E-state index < -0.39 is 23.7 Å². The molecule has 0 aromatic carbocycles. The number of hydrogen-bond acceptors (Lipinski definition) is 4. The Morgan fingerprint density at radius 3 is 2.17 bits per heavy atom. The van der Waals surface area contributed by atoms with Gasteiger partial charge in [-0.05, 0) is 39.5 Å². The smallest absolute Gasteiger partial charge is 0.332 e. The second kappa shape index (κ2) is 5.78. The van der Waals surface area contributed by atoms with Crippen molar-refractivity contribution in [1.82, 2.24) is 9.80 Å². The van der Waals surface area contributed by atoms with Crippen molar-refractivity contribution in [2.24, 2.45) is 5.92 Å². The average Bonchev–Trinajstić information content (AvgIpc) is 3.20. The molecule has 2 aliphatic heterocycles. The molecule has 7 nitrogen and oxygen atoms in total. The van der Waals surface area contributed by atoms with Crippen molar-refractivity contribution in [1.29, 1.82) is 0 Å². The third-order valence-electron chi connectivity index (χ3n) is 4.98. The Morgan fingerprint density at radius 1 is 1.00 bits per heavy atom. The Morgan fingerprint density at radius 2 is 1.65 bits per heavy atom. The monoisotopic (exact) mass is 324 g/mol. The van der Waals surface area contributed by atoms with Crippen LogP contribution in [0, 0.1) is 5.92 Å². The summed E-state index contributed by atoms with van der Waals surface area (Å²) in [6.07, 6.45) is 1.20. The van der Waals surface area contributed by atoms with E-state index >= 15 is 0 Å². The van der Waals surface area contributed by atoms with E-state index in [0.717, 1.165) is 12.8 Å². The fourth-order valence-electron chi connectivity index (χ4n) is 3.51. The number of nitrogens with zero attached hydrogens (tertiary/aromatic N) is 2. The molecular weight excluding hydrogens is 300 g/mol. The van der Waals surface area contributed by atoms with Crippen LogP contribution >= 0.6 is 0 Å².